The van der Waals surface area contributed by atoms with Gasteiger partial charge in [0.1, 0.15) is 10.7 Å². The average Bonchev–Trinajstić information content (AvgIpc) is 2.90. The van der Waals surface area contributed by atoms with Crippen LogP contribution in [0.25, 0.3) is 0 Å². The maximum absolute atomic E-state index is 12.9. The molecule has 0 saturated carbocycles. The molecule has 31 heavy (non-hydrogen) atoms. The minimum atomic E-state index is -4.58. The van der Waals surface area contributed by atoms with Crippen molar-refractivity contribution in [3.63, 3.8) is 0 Å². The van der Waals surface area contributed by atoms with E-state index in [1.165, 1.54) is 30.3 Å². The summed E-state index contributed by atoms with van der Waals surface area (Å²) in [6, 6.07) is 9.74. The van der Waals surface area contributed by atoms with Crippen LogP contribution in [0.2, 0.25) is 0 Å². The highest BCUT2D eigenvalue weighted by Crippen LogP contribution is 2.33. The van der Waals surface area contributed by atoms with Gasteiger partial charge in [0.25, 0.3) is 11.8 Å². The molecule has 3 rings (SSSR count). The zero-order chi connectivity index (χ0) is 22.9. The Morgan fingerprint density at radius 1 is 1.06 bits per heavy atom. The van der Waals surface area contributed by atoms with E-state index in [0.29, 0.717) is 0 Å². The minimum absolute atomic E-state index is 0.0622. The van der Waals surface area contributed by atoms with Crippen LogP contribution in [-0.2, 0) is 20.5 Å². The Labute approximate surface area is 180 Å². The Balaban J connectivity index is 1.88. The molecule has 0 bridgehead atoms. The van der Waals surface area contributed by atoms with E-state index in [1.807, 2.05) is 0 Å². The van der Waals surface area contributed by atoms with Gasteiger partial charge < -0.3 is 10.1 Å². The van der Waals surface area contributed by atoms with Crippen LogP contribution >= 0.6 is 11.6 Å². The third-order valence-electron chi connectivity index (χ3n) is 4.17. The SMILES string of the molecule is CC(C)OC(=O)c1cccc(N2C(=O)C(Cl)=C(Nc3cccc(C(F)(F)F)c3)C2=O)c1. The lowest BCUT2D eigenvalue weighted by Gasteiger charge is -2.16. The molecule has 2 aromatic rings. The molecule has 0 spiro atoms. The van der Waals surface area contributed by atoms with Crippen molar-refractivity contribution in [2.45, 2.75) is 26.1 Å². The molecule has 10 heteroatoms. The second kappa shape index (κ2) is 8.43. The average molecular weight is 453 g/mol. The predicted molar refractivity (Wildman–Crippen MR) is 107 cm³/mol. The normalized spacial score (nSPS) is 14.5. The van der Waals surface area contributed by atoms with E-state index in [0.717, 1.165) is 23.1 Å². The molecular weight excluding hydrogens is 437 g/mol. The van der Waals surface area contributed by atoms with Crippen LogP contribution in [0.15, 0.2) is 59.3 Å². The molecule has 1 N–H and O–H groups in total. The van der Waals surface area contributed by atoms with Gasteiger partial charge in [0.15, 0.2) is 0 Å². The lowest BCUT2D eigenvalue weighted by atomic mass is 10.2. The standard InChI is InChI=1S/C21H16ClF3N2O4/c1-11(2)31-20(30)12-5-3-8-15(9-12)27-18(28)16(22)17(19(27)29)26-14-7-4-6-13(10-14)21(23,24)25/h3-11,26H,1-2H3. The van der Waals surface area contributed by atoms with Crippen LogP contribution in [0.4, 0.5) is 24.5 Å². The first kappa shape index (κ1) is 22.4. The van der Waals surface area contributed by atoms with Gasteiger partial charge in [-0.25, -0.2) is 9.69 Å². The largest absolute Gasteiger partial charge is 0.459 e. The predicted octanol–water partition coefficient (Wildman–Crippen LogP) is 4.71. The molecule has 0 fully saturated rings. The van der Waals surface area contributed by atoms with Gasteiger partial charge in [-0.1, -0.05) is 23.7 Å². The summed E-state index contributed by atoms with van der Waals surface area (Å²) in [5, 5.41) is 2.00. The van der Waals surface area contributed by atoms with Gasteiger partial charge >= 0.3 is 12.1 Å². The number of carbonyl (C=O) groups excluding carboxylic acids is 3. The highest BCUT2D eigenvalue weighted by Gasteiger charge is 2.39. The van der Waals surface area contributed by atoms with Crippen LogP contribution in [0.5, 0.6) is 0 Å². The number of alkyl halides is 3. The number of nitrogens with one attached hydrogen (secondary N) is 1. The highest BCUT2D eigenvalue weighted by molar-refractivity contribution is 6.53. The molecule has 1 aliphatic heterocycles. The summed E-state index contributed by atoms with van der Waals surface area (Å²) in [6.45, 7) is 3.34. The maximum Gasteiger partial charge on any atom is 0.416 e. The summed E-state index contributed by atoms with van der Waals surface area (Å²) in [4.78, 5) is 38.3. The van der Waals surface area contributed by atoms with Gasteiger partial charge in [0.2, 0.25) is 0 Å². The molecule has 0 atom stereocenters. The number of carbonyl (C=O) groups is 3. The topological polar surface area (TPSA) is 75.7 Å². The Morgan fingerprint density at radius 2 is 1.74 bits per heavy atom. The molecule has 0 saturated heterocycles. The summed E-state index contributed by atoms with van der Waals surface area (Å²) < 4.78 is 43.9. The second-order valence-electron chi connectivity index (χ2n) is 6.84. The smallest absolute Gasteiger partial charge is 0.416 e. The fourth-order valence-corrected chi connectivity index (χ4v) is 3.03. The van der Waals surface area contributed by atoms with E-state index in [4.69, 9.17) is 16.3 Å². The van der Waals surface area contributed by atoms with E-state index in [9.17, 15) is 27.6 Å². The van der Waals surface area contributed by atoms with Crippen LogP contribution in [-0.4, -0.2) is 23.9 Å². The first-order valence-electron chi connectivity index (χ1n) is 9.03. The van der Waals surface area contributed by atoms with E-state index in [2.05, 4.69) is 5.32 Å². The van der Waals surface area contributed by atoms with Crippen molar-refractivity contribution in [3.05, 3.63) is 70.4 Å². The van der Waals surface area contributed by atoms with Gasteiger partial charge in [-0.05, 0) is 50.2 Å². The van der Waals surface area contributed by atoms with Crippen molar-refractivity contribution in [2.24, 2.45) is 0 Å². The second-order valence-corrected chi connectivity index (χ2v) is 7.22. The lowest BCUT2D eigenvalue weighted by molar-refractivity contribution is -0.137. The van der Waals surface area contributed by atoms with Crippen molar-refractivity contribution in [1.82, 2.24) is 0 Å². The van der Waals surface area contributed by atoms with E-state index < -0.39 is 34.6 Å². The fourth-order valence-electron chi connectivity index (χ4n) is 2.82. The number of benzene rings is 2. The van der Waals surface area contributed by atoms with Crippen LogP contribution < -0.4 is 10.2 Å². The minimum Gasteiger partial charge on any atom is -0.459 e. The number of anilines is 2. The molecule has 0 aromatic heterocycles. The number of amides is 2. The van der Waals surface area contributed by atoms with Crippen molar-refractivity contribution in [2.75, 3.05) is 10.2 Å². The van der Waals surface area contributed by atoms with Gasteiger partial charge in [-0.15, -0.1) is 0 Å². The summed E-state index contributed by atoms with van der Waals surface area (Å²) in [5.74, 6) is -2.39. The molecule has 0 radical (unpaired) electrons. The zero-order valence-electron chi connectivity index (χ0n) is 16.3. The summed E-state index contributed by atoms with van der Waals surface area (Å²) >= 11 is 6.01. The lowest BCUT2D eigenvalue weighted by Crippen LogP contribution is -2.32. The van der Waals surface area contributed by atoms with Crippen molar-refractivity contribution >= 4 is 40.8 Å². The summed E-state index contributed by atoms with van der Waals surface area (Å²) in [7, 11) is 0. The van der Waals surface area contributed by atoms with Crippen molar-refractivity contribution in [1.29, 1.82) is 0 Å². The quantitative estimate of drug-likeness (QED) is 0.525. The molecule has 0 aliphatic carbocycles. The number of ether oxygens (including phenoxy) is 1. The number of nitrogens with zero attached hydrogens (tertiary/aromatic N) is 1. The number of hydrogen-bond acceptors (Lipinski definition) is 5. The monoisotopic (exact) mass is 452 g/mol. The van der Waals surface area contributed by atoms with E-state index >= 15 is 0 Å². The first-order valence-corrected chi connectivity index (χ1v) is 9.40. The van der Waals surface area contributed by atoms with Crippen molar-refractivity contribution < 1.29 is 32.3 Å². The molecule has 2 aromatic carbocycles. The van der Waals surface area contributed by atoms with Crippen LogP contribution in [0.3, 0.4) is 0 Å². The summed E-state index contributed by atoms with van der Waals surface area (Å²) in [6.07, 6.45) is -4.95. The fraction of sp³-hybridized carbons (Fsp3) is 0.190. The Hall–Kier alpha value is -3.33. The number of hydrogen-bond donors (Lipinski definition) is 1. The molecule has 1 aliphatic rings. The molecule has 2 amide bonds. The highest BCUT2D eigenvalue weighted by atomic mass is 35.5. The first-order chi connectivity index (χ1) is 14.5. The molecule has 0 unspecified atom stereocenters. The van der Waals surface area contributed by atoms with Gasteiger partial charge in [-0.3, -0.25) is 9.59 Å². The Morgan fingerprint density at radius 3 is 2.39 bits per heavy atom. The molecule has 6 nitrogen and oxygen atoms in total. The van der Waals surface area contributed by atoms with Gasteiger partial charge in [0, 0.05) is 5.69 Å². The van der Waals surface area contributed by atoms with Crippen molar-refractivity contribution in [3.8, 4) is 0 Å². The Kier molecular flexibility index (Phi) is 6.08. The molecular formula is C21H16ClF3N2O4. The van der Waals surface area contributed by atoms with E-state index in [1.54, 1.807) is 13.8 Å². The maximum atomic E-state index is 12.9. The van der Waals surface area contributed by atoms with Crippen LogP contribution in [0, 0.1) is 0 Å². The number of halogens is 4. The number of rotatable bonds is 5. The van der Waals surface area contributed by atoms with Crippen LogP contribution in [0.1, 0.15) is 29.8 Å². The third kappa shape index (κ3) is 4.72. The number of imide groups is 1. The zero-order valence-corrected chi connectivity index (χ0v) is 17.0. The third-order valence-corrected chi connectivity index (χ3v) is 4.52. The number of esters is 1. The molecule has 1 heterocycles. The summed E-state index contributed by atoms with van der Waals surface area (Å²) in [5.41, 5.74) is -1.20. The molecule has 162 valence electrons. The van der Waals surface area contributed by atoms with Gasteiger partial charge in [-0.2, -0.15) is 13.2 Å². The van der Waals surface area contributed by atoms with E-state index in [-0.39, 0.29) is 28.7 Å². The Bertz CT molecular complexity index is 1100. The van der Waals surface area contributed by atoms with Gasteiger partial charge in [0.05, 0.1) is 22.9 Å².